The Morgan fingerprint density at radius 1 is 0.978 bits per heavy atom. The second-order valence-electron chi connectivity index (χ2n) is 10.5. The molecule has 3 amide bonds. The van der Waals surface area contributed by atoms with Crippen LogP contribution < -0.4 is 24.6 Å². The molecule has 12 nitrogen and oxygen atoms in total. The van der Waals surface area contributed by atoms with Crippen LogP contribution in [0.25, 0.3) is 0 Å². The summed E-state index contributed by atoms with van der Waals surface area (Å²) in [6.07, 6.45) is 0. The van der Waals surface area contributed by atoms with Gasteiger partial charge in [0.15, 0.2) is 11.5 Å². The molecule has 0 spiro atoms. The van der Waals surface area contributed by atoms with Crippen LogP contribution in [0.2, 0.25) is 0 Å². The number of benzene rings is 3. The summed E-state index contributed by atoms with van der Waals surface area (Å²) in [6, 6.07) is 17.6. The predicted octanol–water partition coefficient (Wildman–Crippen LogP) is 4.58. The summed E-state index contributed by atoms with van der Waals surface area (Å²) in [6.45, 7) is 1.60. The minimum atomic E-state index is -0.932. The molecule has 3 atom stereocenters. The van der Waals surface area contributed by atoms with Crippen LogP contribution in [-0.2, 0) is 20.9 Å². The number of fused-ring (bicyclic) bond motifs is 2. The van der Waals surface area contributed by atoms with E-state index in [1.807, 2.05) is 25.1 Å². The molecule has 0 saturated carbocycles. The largest absolute Gasteiger partial charge is 0.493 e. The molecular formula is C31H26N4O8S2. The van der Waals surface area contributed by atoms with Gasteiger partial charge in [0.2, 0.25) is 17.7 Å². The zero-order chi connectivity index (χ0) is 32.0. The highest BCUT2D eigenvalue weighted by Gasteiger charge is 2.57. The van der Waals surface area contributed by atoms with Gasteiger partial charge in [0.25, 0.3) is 5.69 Å². The van der Waals surface area contributed by atoms with E-state index in [1.165, 1.54) is 43.1 Å². The molecule has 45 heavy (non-hydrogen) atoms. The van der Waals surface area contributed by atoms with Gasteiger partial charge in [0.05, 0.1) is 35.8 Å². The summed E-state index contributed by atoms with van der Waals surface area (Å²) in [4.78, 5) is 66.4. The van der Waals surface area contributed by atoms with Crippen molar-refractivity contribution in [2.75, 3.05) is 24.4 Å². The summed E-state index contributed by atoms with van der Waals surface area (Å²) in [5, 5.41) is 13.5. The smallest absolute Gasteiger partial charge is 0.308 e. The zero-order valence-corrected chi connectivity index (χ0v) is 25.8. The summed E-state index contributed by atoms with van der Waals surface area (Å²) < 4.78 is 12.3. The number of amides is 3. The number of rotatable bonds is 8. The number of ether oxygens (including phenoxy) is 2. The number of carbonyl (C=O) groups excluding carboxylic acids is 3. The fourth-order valence-corrected chi connectivity index (χ4v) is 8.48. The number of nitro benzene ring substituents is 1. The maximum Gasteiger partial charge on any atom is 0.308 e. The van der Waals surface area contributed by atoms with Crippen molar-refractivity contribution in [1.82, 2.24) is 4.57 Å². The molecule has 1 aromatic heterocycles. The summed E-state index contributed by atoms with van der Waals surface area (Å²) in [5.74, 6) is -2.21. The Kier molecular flexibility index (Phi) is 7.93. The van der Waals surface area contributed by atoms with E-state index in [-0.39, 0.29) is 17.9 Å². The highest BCUT2D eigenvalue weighted by molar-refractivity contribution is 8.00. The van der Waals surface area contributed by atoms with Crippen molar-refractivity contribution in [1.29, 1.82) is 0 Å². The molecule has 2 aliphatic rings. The number of thiazole rings is 1. The van der Waals surface area contributed by atoms with Crippen LogP contribution in [0.3, 0.4) is 0 Å². The highest BCUT2D eigenvalue weighted by Crippen LogP contribution is 2.54. The van der Waals surface area contributed by atoms with Gasteiger partial charge in [0.1, 0.15) is 11.8 Å². The second-order valence-corrected chi connectivity index (χ2v) is 12.6. The fourth-order valence-electron chi connectivity index (χ4n) is 5.71. The number of methoxy groups -OCH3 is 2. The molecule has 230 valence electrons. The van der Waals surface area contributed by atoms with E-state index in [9.17, 15) is 29.3 Å². The molecule has 0 unspecified atom stereocenters. The average Bonchev–Trinajstić information content (AvgIpc) is 3.46. The lowest BCUT2D eigenvalue weighted by Gasteiger charge is -2.31. The number of thioether (sulfide) groups is 1. The Bertz CT molecular complexity index is 1920. The molecule has 6 rings (SSSR count). The van der Waals surface area contributed by atoms with Gasteiger partial charge in [-0.25, -0.2) is 4.90 Å². The Morgan fingerprint density at radius 2 is 1.71 bits per heavy atom. The minimum absolute atomic E-state index is 0.178. The number of non-ortho nitro benzene ring substituents is 1. The number of imide groups is 1. The first kappa shape index (κ1) is 30.1. The number of nitro groups is 1. The summed E-state index contributed by atoms with van der Waals surface area (Å²) in [7, 11) is 2.98. The number of nitrogens with one attached hydrogen (secondary N) is 1. The van der Waals surface area contributed by atoms with E-state index < -0.39 is 44.6 Å². The third-order valence-corrected chi connectivity index (χ3v) is 10.3. The molecule has 1 fully saturated rings. The maximum absolute atomic E-state index is 14.1. The molecule has 0 radical (unpaired) electrons. The SMILES string of the molecule is COc1ccc([C@@H]2c3sc(=O)n(CC(=O)Nc4cccc(C)c4)c3S[C@H]3C(=O)N(c4ccc([N+](=O)[O-])cc4)C(=O)[C@@H]23)cc1OC. The first-order chi connectivity index (χ1) is 21.6. The fraction of sp³-hybridized carbons (Fsp3) is 0.226. The molecule has 3 aromatic carbocycles. The van der Waals surface area contributed by atoms with Gasteiger partial charge in [-0.05, 0) is 54.4 Å². The van der Waals surface area contributed by atoms with Gasteiger partial charge in [-0.3, -0.25) is 33.9 Å². The average molecular weight is 647 g/mol. The van der Waals surface area contributed by atoms with Crippen LogP contribution >= 0.6 is 23.1 Å². The first-order valence-corrected chi connectivity index (χ1v) is 15.4. The molecule has 2 aliphatic heterocycles. The molecule has 0 aliphatic carbocycles. The van der Waals surface area contributed by atoms with Gasteiger partial charge in [-0.15, -0.1) is 0 Å². The van der Waals surface area contributed by atoms with Gasteiger partial charge < -0.3 is 14.8 Å². The van der Waals surface area contributed by atoms with Crippen molar-refractivity contribution >= 4 is 57.9 Å². The summed E-state index contributed by atoms with van der Waals surface area (Å²) >= 11 is 2.00. The van der Waals surface area contributed by atoms with E-state index in [0.29, 0.717) is 32.7 Å². The van der Waals surface area contributed by atoms with E-state index in [4.69, 9.17) is 9.47 Å². The molecule has 4 aromatic rings. The molecular weight excluding hydrogens is 620 g/mol. The van der Waals surface area contributed by atoms with Crippen LogP contribution in [0.4, 0.5) is 17.1 Å². The number of anilines is 2. The molecule has 3 heterocycles. The molecule has 0 bridgehead atoms. The quantitative estimate of drug-likeness (QED) is 0.165. The lowest BCUT2D eigenvalue weighted by molar-refractivity contribution is -0.384. The van der Waals surface area contributed by atoms with E-state index in [1.54, 1.807) is 24.3 Å². The van der Waals surface area contributed by atoms with Crippen molar-refractivity contribution in [2.45, 2.75) is 29.7 Å². The number of aromatic nitrogens is 1. The Labute approximate surface area is 264 Å². The number of nitrogens with zero attached hydrogens (tertiary/aromatic N) is 3. The Morgan fingerprint density at radius 3 is 2.38 bits per heavy atom. The van der Waals surface area contributed by atoms with Crippen LogP contribution in [-0.4, -0.2) is 46.7 Å². The Hall–Kier alpha value is -4.95. The summed E-state index contributed by atoms with van der Waals surface area (Å²) in [5.41, 5.74) is 2.19. The van der Waals surface area contributed by atoms with Crippen molar-refractivity contribution < 1.29 is 28.8 Å². The van der Waals surface area contributed by atoms with Crippen molar-refractivity contribution in [2.24, 2.45) is 5.92 Å². The zero-order valence-electron chi connectivity index (χ0n) is 24.2. The number of aryl methyl sites for hydroxylation is 1. The maximum atomic E-state index is 14.1. The van der Waals surface area contributed by atoms with Crippen LogP contribution in [0.1, 0.15) is 21.9 Å². The number of carbonyl (C=O) groups is 3. The van der Waals surface area contributed by atoms with Crippen molar-refractivity contribution in [3.05, 3.63) is 103 Å². The lowest BCUT2D eigenvalue weighted by atomic mass is 9.83. The second kappa shape index (κ2) is 11.9. The third-order valence-electron chi connectivity index (χ3n) is 7.74. The van der Waals surface area contributed by atoms with Crippen LogP contribution in [0.15, 0.2) is 76.6 Å². The normalized spacial score (nSPS) is 18.7. The predicted molar refractivity (Wildman–Crippen MR) is 169 cm³/mol. The van der Waals surface area contributed by atoms with E-state index in [2.05, 4.69) is 5.32 Å². The topological polar surface area (TPSA) is 150 Å². The van der Waals surface area contributed by atoms with Crippen LogP contribution in [0.5, 0.6) is 11.5 Å². The number of hydrogen-bond donors (Lipinski definition) is 1. The highest BCUT2D eigenvalue weighted by atomic mass is 32.2. The monoisotopic (exact) mass is 646 g/mol. The molecule has 14 heteroatoms. The minimum Gasteiger partial charge on any atom is -0.493 e. The van der Waals surface area contributed by atoms with Gasteiger partial charge in [-0.2, -0.15) is 0 Å². The number of hydrogen-bond acceptors (Lipinski definition) is 10. The van der Waals surface area contributed by atoms with E-state index >= 15 is 0 Å². The van der Waals surface area contributed by atoms with Crippen LogP contribution in [0, 0.1) is 23.0 Å². The van der Waals surface area contributed by atoms with Gasteiger partial charge >= 0.3 is 4.87 Å². The van der Waals surface area contributed by atoms with Gasteiger partial charge in [-0.1, -0.05) is 41.3 Å². The van der Waals surface area contributed by atoms with Crippen molar-refractivity contribution in [3.63, 3.8) is 0 Å². The first-order valence-electron chi connectivity index (χ1n) is 13.7. The standard InChI is InChI=1S/C31H26N4O8S2/c1-16-5-4-6-18(13-16)32-23(36)15-33-30-27(45-31(33)39)24(17-7-12-21(42-2)22(14-17)43-3)25-26(44-30)29(38)34(28(25)37)19-8-10-20(11-9-19)35(40)41/h4-14,24-26H,15H2,1-3H3,(H,32,36)/t24-,25-,26+/m0/s1. The molecule has 1 N–H and O–H groups in total. The van der Waals surface area contributed by atoms with Crippen molar-refractivity contribution in [3.8, 4) is 11.5 Å². The van der Waals surface area contributed by atoms with Gasteiger partial charge in [0, 0.05) is 28.6 Å². The Balaban J connectivity index is 1.43. The lowest BCUT2D eigenvalue weighted by Crippen LogP contribution is -2.33. The van der Waals surface area contributed by atoms with E-state index in [0.717, 1.165) is 33.6 Å². The third kappa shape index (κ3) is 5.36. The molecule has 1 saturated heterocycles.